The molecule has 0 radical (unpaired) electrons. The lowest BCUT2D eigenvalue weighted by atomic mass is 9.92. The van der Waals surface area contributed by atoms with Crippen LogP contribution in [0.4, 0.5) is 0 Å². The Kier molecular flexibility index (Phi) is 5.87. The molecular weight excluding hydrogens is 252 g/mol. The fourth-order valence-electron chi connectivity index (χ4n) is 2.50. The van der Waals surface area contributed by atoms with Crippen LogP contribution in [0.3, 0.4) is 0 Å². The molecule has 2 atom stereocenters. The summed E-state index contributed by atoms with van der Waals surface area (Å²) in [6, 6.07) is 10.2. The molecule has 2 rings (SSSR count). The average Bonchev–Trinajstić information content (AvgIpc) is 2.48. The van der Waals surface area contributed by atoms with E-state index in [-0.39, 0.29) is 11.8 Å². The first-order valence-electron chi connectivity index (χ1n) is 7.44. The summed E-state index contributed by atoms with van der Waals surface area (Å²) in [7, 11) is 0. The summed E-state index contributed by atoms with van der Waals surface area (Å²) in [5, 5.41) is 6.37. The zero-order valence-corrected chi connectivity index (χ0v) is 12.1. The zero-order valence-electron chi connectivity index (χ0n) is 12.1. The van der Waals surface area contributed by atoms with E-state index in [1.807, 2.05) is 30.3 Å². The van der Waals surface area contributed by atoms with E-state index < -0.39 is 0 Å². The number of benzene rings is 1. The highest BCUT2D eigenvalue weighted by Gasteiger charge is 2.24. The third-order valence-electron chi connectivity index (χ3n) is 3.63. The molecule has 2 N–H and O–H groups in total. The Morgan fingerprint density at radius 3 is 2.95 bits per heavy atom. The number of amides is 1. The Morgan fingerprint density at radius 1 is 1.40 bits per heavy atom. The highest BCUT2D eigenvalue weighted by molar-refractivity contribution is 5.78. The lowest BCUT2D eigenvalue weighted by molar-refractivity contribution is -0.126. The van der Waals surface area contributed by atoms with Gasteiger partial charge in [-0.15, -0.1) is 0 Å². The van der Waals surface area contributed by atoms with Crippen LogP contribution in [-0.4, -0.2) is 31.6 Å². The highest BCUT2D eigenvalue weighted by atomic mass is 16.5. The molecule has 1 amide bonds. The van der Waals surface area contributed by atoms with Crippen molar-refractivity contribution in [3.8, 4) is 5.75 Å². The minimum Gasteiger partial charge on any atom is -0.494 e. The first-order valence-corrected chi connectivity index (χ1v) is 7.44. The molecule has 1 aliphatic rings. The Morgan fingerprint density at radius 2 is 2.20 bits per heavy atom. The van der Waals surface area contributed by atoms with Crippen LogP contribution < -0.4 is 15.4 Å². The van der Waals surface area contributed by atoms with E-state index in [0.29, 0.717) is 19.2 Å². The van der Waals surface area contributed by atoms with E-state index in [1.165, 1.54) is 0 Å². The Bertz CT molecular complexity index is 408. The summed E-state index contributed by atoms with van der Waals surface area (Å²) < 4.78 is 5.59. The van der Waals surface area contributed by atoms with Crippen LogP contribution in [0.1, 0.15) is 26.2 Å². The maximum Gasteiger partial charge on any atom is 0.223 e. The maximum atomic E-state index is 12.0. The summed E-state index contributed by atoms with van der Waals surface area (Å²) in [6.07, 6.45) is 2.71. The van der Waals surface area contributed by atoms with E-state index in [2.05, 4.69) is 17.6 Å². The van der Waals surface area contributed by atoms with Crippen LogP contribution in [0, 0.1) is 5.92 Å². The molecule has 20 heavy (non-hydrogen) atoms. The molecule has 1 aromatic carbocycles. The number of hydrogen-bond acceptors (Lipinski definition) is 3. The molecule has 0 unspecified atom stereocenters. The molecule has 1 aliphatic heterocycles. The number of hydrogen-bond donors (Lipinski definition) is 2. The Balaban J connectivity index is 1.57. The molecule has 1 fully saturated rings. The quantitative estimate of drug-likeness (QED) is 0.781. The summed E-state index contributed by atoms with van der Waals surface area (Å²) in [5.41, 5.74) is 0. The van der Waals surface area contributed by atoms with Gasteiger partial charge in [-0.1, -0.05) is 18.2 Å². The number of rotatable bonds is 6. The minimum atomic E-state index is 0.168. The molecule has 0 aliphatic carbocycles. The van der Waals surface area contributed by atoms with Crippen molar-refractivity contribution in [1.29, 1.82) is 0 Å². The lowest BCUT2D eigenvalue weighted by Crippen LogP contribution is -2.42. The SMILES string of the molecule is C[C@H]1C[C@@H](C(=O)NCCCOc2ccccc2)CCN1. The van der Waals surface area contributed by atoms with Gasteiger partial charge in [-0.3, -0.25) is 4.79 Å². The third kappa shape index (κ3) is 4.85. The normalized spacial score (nSPS) is 22.2. The molecule has 1 heterocycles. The highest BCUT2D eigenvalue weighted by Crippen LogP contribution is 2.15. The standard InChI is InChI=1S/C16H24N2O2/c1-13-12-14(8-10-17-13)16(19)18-9-5-11-20-15-6-3-2-4-7-15/h2-4,6-7,13-14,17H,5,8-12H2,1H3,(H,18,19)/t13-,14-/m0/s1. The summed E-state index contributed by atoms with van der Waals surface area (Å²) in [5.74, 6) is 1.24. The fraction of sp³-hybridized carbons (Fsp3) is 0.562. The number of carbonyl (C=O) groups is 1. The van der Waals surface area contributed by atoms with Crippen molar-refractivity contribution in [2.24, 2.45) is 5.92 Å². The second-order valence-electron chi connectivity index (χ2n) is 5.38. The van der Waals surface area contributed by atoms with E-state index >= 15 is 0 Å². The van der Waals surface area contributed by atoms with Crippen LogP contribution in [0.15, 0.2) is 30.3 Å². The van der Waals surface area contributed by atoms with Gasteiger partial charge in [0.25, 0.3) is 0 Å². The largest absolute Gasteiger partial charge is 0.494 e. The van der Waals surface area contributed by atoms with Gasteiger partial charge in [0.1, 0.15) is 5.75 Å². The zero-order chi connectivity index (χ0) is 14.2. The molecule has 4 nitrogen and oxygen atoms in total. The van der Waals surface area contributed by atoms with E-state index in [4.69, 9.17) is 4.74 Å². The van der Waals surface area contributed by atoms with Gasteiger partial charge < -0.3 is 15.4 Å². The van der Waals surface area contributed by atoms with Gasteiger partial charge in [0.15, 0.2) is 0 Å². The summed E-state index contributed by atoms with van der Waals surface area (Å²) in [4.78, 5) is 12.0. The van der Waals surface area contributed by atoms with Gasteiger partial charge in [0.05, 0.1) is 6.61 Å². The van der Waals surface area contributed by atoms with Crippen LogP contribution in [0.2, 0.25) is 0 Å². The summed E-state index contributed by atoms with van der Waals surface area (Å²) in [6.45, 7) is 4.39. The van der Waals surface area contributed by atoms with Crippen molar-refractivity contribution in [2.75, 3.05) is 19.7 Å². The summed E-state index contributed by atoms with van der Waals surface area (Å²) >= 11 is 0. The van der Waals surface area contributed by atoms with Crippen molar-refractivity contribution in [2.45, 2.75) is 32.2 Å². The maximum absolute atomic E-state index is 12.0. The van der Waals surface area contributed by atoms with Gasteiger partial charge in [-0.2, -0.15) is 0 Å². The smallest absolute Gasteiger partial charge is 0.223 e. The first-order chi connectivity index (χ1) is 9.75. The predicted octanol–water partition coefficient (Wildman–Crippen LogP) is 1.96. The van der Waals surface area contributed by atoms with Crippen molar-refractivity contribution < 1.29 is 9.53 Å². The monoisotopic (exact) mass is 276 g/mol. The number of ether oxygens (including phenoxy) is 1. The second-order valence-corrected chi connectivity index (χ2v) is 5.38. The Labute approximate surface area is 120 Å². The molecule has 4 heteroatoms. The van der Waals surface area contributed by atoms with Crippen molar-refractivity contribution in [3.63, 3.8) is 0 Å². The third-order valence-corrected chi connectivity index (χ3v) is 3.63. The molecule has 0 spiro atoms. The van der Waals surface area contributed by atoms with Crippen LogP contribution in [-0.2, 0) is 4.79 Å². The van der Waals surface area contributed by atoms with Gasteiger partial charge in [0.2, 0.25) is 5.91 Å². The van der Waals surface area contributed by atoms with Gasteiger partial charge in [-0.25, -0.2) is 0 Å². The van der Waals surface area contributed by atoms with Crippen molar-refractivity contribution in [1.82, 2.24) is 10.6 Å². The minimum absolute atomic E-state index is 0.168. The van der Waals surface area contributed by atoms with Gasteiger partial charge in [-0.05, 0) is 44.9 Å². The van der Waals surface area contributed by atoms with Crippen LogP contribution in [0.25, 0.3) is 0 Å². The fourth-order valence-corrected chi connectivity index (χ4v) is 2.50. The first kappa shape index (κ1) is 14.9. The molecular formula is C16H24N2O2. The number of nitrogens with one attached hydrogen (secondary N) is 2. The average molecular weight is 276 g/mol. The van der Waals surface area contributed by atoms with Gasteiger partial charge >= 0.3 is 0 Å². The molecule has 0 bridgehead atoms. The van der Waals surface area contributed by atoms with E-state index in [9.17, 15) is 4.79 Å². The number of para-hydroxylation sites is 1. The van der Waals surface area contributed by atoms with Crippen molar-refractivity contribution in [3.05, 3.63) is 30.3 Å². The molecule has 0 aromatic heterocycles. The molecule has 0 saturated carbocycles. The Hall–Kier alpha value is -1.55. The molecule has 1 saturated heterocycles. The number of piperidine rings is 1. The number of carbonyl (C=O) groups excluding carboxylic acids is 1. The van der Waals surface area contributed by atoms with Crippen molar-refractivity contribution >= 4 is 5.91 Å². The lowest BCUT2D eigenvalue weighted by Gasteiger charge is -2.27. The second kappa shape index (κ2) is 7.90. The van der Waals surface area contributed by atoms with Crippen LogP contribution in [0.5, 0.6) is 5.75 Å². The molecule has 110 valence electrons. The van der Waals surface area contributed by atoms with Crippen LogP contribution >= 0.6 is 0 Å². The molecule has 1 aromatic rings. The topological polar surface area (TPSA) is 50.4 Å². The van der Waals surface area contributed by atoms with E-state index in [0.717, 1.165) is 31.6 Å². The van der Waals surface area contributed by atoms with E-state index in [1.54, 1.807) is 0 Å². The van der Waals surface area contributed by atoms with Gasteiger partial charge in [0, 0.05) is 18.5 Å². The predicted molar refractivity (Wildman–Crippen MR) is 79.8 cm³/mol.